The molecule has 1 aromatic carbocycles. The Bertz CT molecular complexity index is 407. The third-order valence-electron chi connectivity index (χ3n) is 3.08. The molecule has 0 unspecified atom stereocenters. The third kappa shape index (κ3) is 5.97. The van der Waals surface area contributed by atoms with E-state index in [9.17, 15) is 4.79 Å². The van der Waals surface area contributed by atoms with Crippen molar-refractivity contribution in [2.24, 2.45) is 0 Å². The molecule has 1 rings (SSSR count). The van der Waals surface area contributed by atoms with E-state index in [0.29, 0.717) is 5.02 Å². The van der Waals surface area contributed by atoms with Crippen LogP contribution in [0, 0.1) is 6.92 Å². The van der Waals surface area contributed by atoms with Gasteiger partial charge in [0.1, 0.15) is 0 Å². The van der Waals surface area contributed by atoms with Crippen molar-refractivity contribution in [1.29, 1.82) is 0 Å². The van der Waals surface area contributed by atoms with Gasteiger partial charge in [0.05, 0.1) is 0 Å². The Kier molecular flexibility index (Phi) is 7.34. The minimum Gasteiger partial charge on any atom is -0.338 e. The number of unbranched alkanes of at least 4 members (excludes halogenated alkanes) is 4. The van der Waals surface area contributed by atoms with Crippen LogP contribution < -0.4 is 10.6 Å². The number of urea groups is 1. The van der Waals surface area contributed by atoms with Crippen molar-refractivity contribution in [3.05, 3.63) is 28.8 Å². The molecule has 0 atom stereocenters. The van der Waals surface area contributed by atoms with Crippen LogP contribution in [0.4, 0.5) is 10.5 Å². The average Bonchev–Trinajstić information content (AvgIpc) is 2.39. The summed E-state index contributed by atoms with van der Waals surface area (Å²) in [5.41, 5.74) is 1.65. The van der Waals surface area contributed by atoms with Gasteiger partial charge in [-0.05, 0) is 31.0 Å². The Balaban J connectivity index is 2.26. The molecular weight excluding hydrogens is 260 g/mol. The zero-order chi connectivity index (χ0) is 14.1. The molecule has 4 heteroatoms. The van der Waals surface area contributed by atoms with E-state index in [0.717, 1.165) is 24.2 Å². The van der Waals surface area contributed by atoms with Crippen LogP contribution in [0.1, 0.15) is 44.6 Å². The number of anilines is 1. The molecule has 0 saturated heterocycles. The quantitative estimate of drug-likeness (QED) is 0.697. The van der Waals surface area contributed by atoms with E-state index < -0.39 is 0 Å². The van der Waals surface area contributed by atoms with E-state index in [1.165, 1.54) is 25.7 Å². The summed E-state index contributed by atoms with van der Waals surface area (Å²) in [6.45, 7) is 4.80. The van der Waals surface area contributed by atoms with Crippen LogP contribution in [0.25, 0.3) is 0 Å². The van der Waals surface area contributed by atoms with Crippen molar-refractivity contribution < 1.29 is 4.79 Å². The highest BCUT2D eigenvalue weighted by Crippen LogP contribution is 2.22. The van der Waals surface area contributed by atoms with E-state index in [4.69, 9.17) is 11.6 Å². The lowest BCUT2D eigenvalue weighted by atomic mass is 10.1. The van der Waals surface area contributed by atoms with Crippen molar-refractivity contribution in [2.45, 2.75) is 46.0 Å². The third-order valence-corrected chi connectivity index (χ3v) is 3.49. The number of halogens is 1. The van der Waals surface area contributed by atoms with Crippen LogP contribution in [0.3, 0.4) is 0 Å². The van der Waals surface area contributed by atoms with E-state index in [1.54, 1.807) is 0 Å². The summed E-state index contributed by atoms with van der Waals surface area (Å²) in [6.07, 6.45) is 5.95. The molecule has 0 aliphatic rings. The first-order valence-electron chi connectivity index (χ1n) is 6.95. The fraction of sp³-hybridized carbons (Fsp3) is 0.533. The van der Waals surface area contributed by atoms with Crippen molar-refractivity contribution in [1.82, 2.24) is 5.32 Å². The summed E-state index contributed by atoms with van der Waals surface area (Å²) in [5.74, 6) is 0. The van der Waals surface area contributed by atoms with Gasteiger partial charge < -0.3 is 10.6 Å². The molecule has 0 saturated carbocycles. The molecule has 0 spiro atoms. The van der Waals surface area contributed by atoms with Gasteiger partial charge in [-0.25, -0.2) is 4.79 Å². The Labute approximate surface area is 120 Å². The zero-order valence-electron chi connectivity index (χ0n) is 11.8. The second kappa shape index (κ2) is 8.81. The van der Waals surface area contributed by atoms with Crippen molar-refractivity contribution >= 4 is 23.3 Å². The van der Waals surface area contributed by atoms with Gasteiger partial charge >= 0.3 is 6.03 Å². The molecule has 0 bridgehead atoms. The fourth-order valence-electron chi connectivity index (χ4n) is 1.84. The highest BCUT2D eigenvalue weighted by atomic mass is 35.5. The summed E-state index contributed by atoms with van der Waals surface area (Å²) < 4.78 is 0. The Hall–Kier alpha value is -1.22. The molecule has 0 aromatic heterocycles. The van der Waals surface area contributed by atoms with Gasteiger partial charge in [0.15, 0.2) is 0 Å². The van der Waals surface area contributed by atoms with Crippen LogP contribution in [-0.2, 0) is 0 Å². The maximum absolute atomic E-state index is 11.7. The highest BCUT2D eigenvalue weighted by Gasteiger charge is 2.05. The topological polar surface area (TPSA) is 41.1 Å². The predicted octanol–water partition coefficient (Wildman–Crippen LogP) is 4.74. The Morgan fingerprint density at radius 1 is 1.21 bits per heavy atom. The van der Waals surface area contributed by atoms with Gasteiger partial charge in [0.2, 0.25) is 0 Å². The summed E-state index contributed by atoms with van der Waals surface area (Å²) in [7, 11) is 0. The number of rotatable bonds is 7. The Morgan fingerprint density at radius 3 is 2.68 bits per heavy atom. The van der Waals surface area contributed by atoms with Crippen LogP contribution in [-0.4, -0.2) is 12.6 Å². The normalized spacial score (nSPS) is 10.3. The molecule has 1 aromatic rings. The van der Waals surface area contributed by atoms with Crippen LogP contribution in [0.5, 0.6) is 0 Å². The summed E-state index contributed by atoms with van der Waals surface area (Å²) in [6, 6.07) is 5.33. The maximum atomic E-state index is 11.7. The number of hydrogen-bond donors (Lipinski definition) is 2. The van der Waals surface area contributed by atoms with E-state index >= 15 is 0 Å². The molecule has 106 valence electrons. The second-order valence-corrected chi connectivity index (χ2v) is 5.11. The molecule has 0 fully saturated rings. The summed E-state index contributed by atoms with van der Waals surface area (Å²) in [4.78, 5) is 11.7. The fourth-order valence-corrected chi connectivity index (χ4v) is 2.01. The molecule has 0 heterocycles. The van der Waals surface area contributed by atoms with Crippen LogP contribution >= 0.6 is 11.6 Å². The first-order chi connectivity index (χ1) is 9.15. The molecule has 2 amide bonds. The van der Waals surface area contributed by atoms with Crippen LogP contribution in [0.2, 0.25) is 5.02 Å². The molecule has 0 radical (unpaired) electrons. The molecule has 19 heavy (non-hydrogen) atoms. The minimum absolute atomic E-state index is 0.166. The molecule has 0 aliphatic heterocycles. The van der Waals surface area contributed by atoms with Crippen LogP contribution in [0.15, 0.2) is 18.2 Å². The highest BCUT2D eigenvalue weighted by molar-refractivity contribution is 6.31. The van der Waals surface area contributed by atoms with Crippen molar-refractivity contribution in [3.8, 4) is 0 Å². The van der Waals surface area contributed by atoms with E-state index in [1.807, 2.05) is 25.1 Å². The standard InChI is InChI=1S/C15H23ClN2O/c1-3-4-5-6-7-11-17-15(19)18-14-10-8-9-13(16)12(14)2/h8-10H,3-7,11H2,1-2H3,(H2,17,18,19). The lowest BCUT2D eigenvalue weighted by Crippen LogP contribution is -2.29. The molecular formula is C15H23ClN2O. The van der Waals surface area contributed by atoms with Gasteiger partial charge in [-0.15, -0.1) is 0 Å². The van der Waals surface area contributed by atoms with Gasteiger partial charge in [-0.3, -0.25) is 0 Å². The zero-order valence-corrected chi connectivity index (χ0v) is 12.5. The molecule has 3 nitrogen and oxygen atoms in total. The lowest BCUT2D eigenvalue weighted by molar-refractivity contribution is 0.252. The maximum Gasteiger partial charge on any atom is 0.319 e. The average molecular weight is 283 g/mol. The van der Waals surface area contributed by atoms with E-state index in [-0.39, 0.29) is 6.03 Å². The number of carbonyl (C=O) groups excluding carboxylic acids is 1. The number of benzene rings is 1. The van der Waals surface area contributed by atoms with Crippen molar-refractivity contribution in [3.63, 3.8) is 0 Å². The monoisotopic (exact) mass is 282 g/mol. The minimum atomic E-state index is -0.166. The second-order valence-electron chi connectivity index (χ2n) is 4.71. The Morgan fingerprint density at radius 2 is 1.95 bits per heavy atom. The number of amides is 2. The van der Waals surface area contributed by atoms with E-state index in [2.05, 4.69) is 17.6 Å². The number of nitrogens with one attached hydrogen (secondary N) is 2. The van der Waals surface area contributed by atoms with Gasteiger partial charge in [-0.1, -0.05) is 50.3 Å². The lowest BCUT2D eigenvalue weighted by Gasteiger charge is -2.10. The van der Waals surface area contributed by atoms with Gasteiger partial charge in [-0.2, -0.15) is 0 Å². The molecule has 0 aliphatic carbocycles. The smallest absolute Gasteiger partial charge is 0.319 e. The van der Waals surface area contributed by atoms with Gasteiger partial charge in [0, 0.05) is 17.3 Å². The summed E-state index contributed by atoms with van der Waals surface area (Å²) >= 11 is 6.00. The number of hydrogen-bond acceptors (Lipinski definition) is 1. The van der Waals surface area contributed by atoms with Gasteiger partial charge in [0.25, 0.3) is 0 Å². The first-order valence-corrected chi connectivity index (χ1v) is 7.33. The summed E-state index contributed by atoms with van der Waals surface area (Å²) in [5, 5.41) is 6.34. The SMILES string of the molecule is CCCCCCCNC(=O)Nc1cccc(Cl)c1C. The molecule has 2 N–H and O–H groups in total. The largest absolute Gasteiger partial charge is 0.338 e. The first kappa shape index (κ1) is 15.8. The predicted molar refractivity (Wildman–Crippen MR) is 82.0 cm³/mol. The number of carbonyl (C=O) groups is 1. The van der Waals surface area contributed by atoms with Crippen molar-refractivity contribution in [2.75, 3.05) is 11.9 Å².